The molecule has 1 unspecified atom stereocenters. The maximum atomic E-state index is 11.2. The van der Waals surface area contributed by atoms with Crippen LogP contribution in [0.5, 0.6) is 0 Å². The third kappa shape index (κ3) is 11.4. The van der Waals surface area contributed by atoms with Crippen molar-refractivity contribution in [1.82, 2.24) is 15.4 Å². The van der Waals surface area contributed by atoms with Gasteiger partial charge in [0.05, 0.1) is 12.3 Å². The van der Waals surface area contributed by atoms with E-state index in [9.17, 15) is 8.42 Å². The van der Waals surface area contributed by atoms with Crippen LogP contribution in [-0.2, 0) is 10.0 Å². The van der Waals surface area contributed by atoms with Crippen molar-refractivity contribution in [1.29, 1.82) is 0 Å². The highest BCUT2D eigenvalue weighted by Crippen LogP contribution is 1.88. The Hall–Kier alpha value is -0.0900. The van der Waals surface area contributed by atoms with Crippen LogP contribution in [0, 0.1) is 0 Å². The van der Waals surface area contributed by atoms with Gasteiger partial charge in [0.25, 0.3) is 0 Å². The van der Waals surface area contributed by atoms with E-state index >= 15 is 0 Å². The van der Waals surface area contributed by atoms with Gasteiger partial charge in [0.1, 0.15) is 0 Å². The maximum absolute atomic E-state index is 11.2. The molecule has 0 fully saturated rings. The lowest BCUT2D eigenvalue weighted by molar-refractivity contribution is 0.583. The molecular formula is C11H27IN4O2S. The molecule has 0 saturated carbocycles. The lowest BCUT2D eigenvalue weighted by atomic mass is 10.3. The maximum Gasteiger partial charge on any atom is 0.211 e. The van der Waals surface area contributed by atoms with Crippen molar-refractivity contribution in [3.05, 3.63) is 0 Å². The first-order valence-corrected chi connectivity index (χ1v) is 8.12. The van der Waals surface area contributed by atoms with Crippen LogP contribution in [0.2, 0.25) is 0 Å². The van der Waals surface area contributed by atoms with Crippen molar-refractivity contribution in [3.63, 3.8) is 0 Å². The number of sulfonamides is 1. The molecule has 0 rings (SSSR count). The van der Waals surface area contributed by atoms with Gasteiger partial charge in [-0.25, -0.2) is 13.1 Å². The Morgan fingerprint density at radius 2 is 1.89 bits per heavy atom. The zero-order valence-corrected chi connectivity index (χ0v) is 15.3. The van der Waals surface area contributed by atoms with Crippen LogP contribution in [0.25, 0.3) is 0 Å². The first-order valence-electron chi connectivity index (χ1n) is 6.47. The van der Waals surface area contributed by atoms with Gasteiger partial charge < -0.3 is 10.6 Å². The number of rotatable bonds is 8. The third-order valence-corrected chi connectivity index (χ3v) is 3.83. The molecule has 0 aromatic carbocycles. The van der Waals surface area contributed by atoms with Crippen molar-refractivity contribution in [3.8, 4) is 0 Å². The number of hydrogen-bond donors (Lipinski definition) is 3. The molecule has 3 N–H and O–H groups in total. The highest BCUT2D eigenvalue weighted by Gasteiger charge is 2.05. The van der Waals surface area contributed by atoms with E-state index in [-0.39, 0.29) is 29.7 Å². The Morgan fingerprint density at radius 1 is 1.26 bits per heavy atom. The molecule has 0 aliphatic heterocycles. The van der Waals surface area contributed by atoms with Gasteiger partial charge in [-0.05, 0) is 27.2 Å². The second-order valence-corrected chi connectivity index (χ2v) is 6.11. The van der Waals surface area contributed by atoms with Crippen molar-refractivity contribution < 1.29 is 8.42 Å². The molecule has 8 heteroatoms. The minimum atomic E-state index is -3.12. The quantitative estimate of drug-likeness (QED) is 0.242. The van der Waals surface area contributed by atoms with E-state index in [1.165, 1.54) is 0 Å². The fourth-order valence-corrected chi connectivity index (χ4v) is 1.73. The van der Waals surface area contributed by atoms with Gasteiger partial charge in [-0.2, -0.15) is 0 Å². The SMILES string of the molecule is CCNC(=NCCNS(=O)(=O)CC)NC(C)CC.I. The van der Waals surface area contributed by atoms with Crippen LogP contribution in [0.4, 0.5) is 0 Å². The van der Waals surface area contributed by atoms with Crippen LogP contribution >= 0.6 is 24.0 Å². The number of nitrogens with one attached hydrogen (secondary N) is 3. The van der Waals surface area contributed by atoms with Crippen LogP contribution in [0.3, 0.4) is 0 Å². The smallest absolute Gasteiger partial charge is 0.211 e. The van der Waals surface area contributed by atoms with Crippen molar-refractivity contribution in [2.75, 3.05) is 25.4 Å². The molecule has 0 aromatic heterocycles. The molecule has 0 aliphatic carbocycles. The van der Waals surface area contributed by atoms with E-state index in [0.29, 0.717) is 19.1 Å². The van der Waals surface area contributed by atoms with Crippen molar-refractivity contribution >= 4 is 40.0 Å². The zero-order valence-electron chi connectivity index (χ0n) is 12.2. The summed E-state index contributed by atoms with van der Waals surface area (Å²) in [6.07, 6.45) is 1.01. The van der Waals surface area contributed by atoms with Crippen LogP contribution in [0.15, 0.2) is 4.99 Å². The summed E-state index contributed by atoms with van der Waals surface area (Å²) >= 11 is 0. The Balaban J connectivity index is 0. The summed E-state index contributed by atoms with van der Waals surface area (Å²) in [6.45, 7) is 9.30. The summed E-state index contributed by atoms with van der Waals surface area (Å²) in [5, 5.41) is 6.36. The first-order chi connectivity index (χ1) is 8.45. The molecule has 6 nitrogen and oxygen atoms in total. The number of hydrogen-bond acceptors (Lipinski definition) is 3. The van der Waals surface area contributed by atoms with Gasteiger partial charge in [-0.1, -0.05) is 6.92 Å². The number of aliphatic imine (C=N–C) groups is 1. The molecule has 0 saturated heterocycles. The fourth-order valence-electron chi connectivity index (χ4n) is 1.13. The van der Waals surface area contributed by atoms with Crippen LogP contribution in [0.1, 0.15) is 34.1 Å². The number of guanidine groups is 1. The predicted molar refractivity (Wildman–Crippen MR) is 91.7 cm³/mol. The van der Waals surface area contributed by atoms with E-state index in [0.717, 1.165) is 18.9 Å². The van der Waals surface area contributed by atoms with Gasteiger partial charge in [0.15, 0.2) is 5.96 Å². The molecule has 0 aromatic rings. The van der Waals surface area contributed by atoms with E-state index in [1.807, 2.05) is 6.92 Å². The monoisotopic (exact) mass is 406 g/mol. The average Bonchev–Trinajstić information content (AvgIpc) is 2.34. The van der Waals surface area contributed by atoms with Crippen molar-refractivity contribution in [2.45, 2.75) is 40.2 Å². The van der Waals surface area contributed by atoms with Gasteiger partial charge in [-0.3, -0.25) is 4.99 Å². The topological polar surface area (TPSA) is 82.6 Å². The molecule has 0 amide bonds. The predicted octanol–water partition coefficient (Wildman–Crippen LogP) is 0.897. The summed E-state index contributed by atoms with van der Waals surface area (Å²) in [4.78, 5) is 4.31. The second-order valence-electron chi connectivity index (χ2n) is 4.01. The highest BCUT2D eigenvalue weighted by atomic mass is 127. The second kappa shape index (κ2) is 11.7. The van der Waals surface area contributed by atoms with Crippen molar-refractivity contribution in [2.24, 2.45) is 4.99 Å². The van der Waals surface area contributed by atoms with E-state index < -0.39 is 10.0 Å². The molecule has 0 heterocycles. The Morgan fingerprint density at radius 3 is 2.37 bits per heavy atom. The van der Waals surface area contributed by atoms with E-state index in [1.54, 1.807) is 6.92 Å². The Bertz CT molecular complexity index is 347. The van der Waals surface area contributed by atoms with Gasteiger partial charge in [0.2, 0.25) is 10.0 Å². The minimum Gasteiger partial charge on any atom is -0.357 e. The summed E-state index contributed by atoms with van der Waals surface area (Å²) < 4.78 is 24.9. The fraction of sp³-hybridized carbons (Fsp3) is 0.909. The van der Waals surface area contributed by atoms with Crippen LogP contribution < -0.4 is 15.4 Å². The largest absolute Gasteiger partial charge is 0.357 e. The van der Waals surface area contributed by atoms with E-state index in [2.05, 4.69) is 34.2 Å². The summed E-state index contributed by atoms with van der Waals surface area (Å²) in [5.41, 5.74) is 0. The highest BCUT2D eigenvalue weighted by molar-refractivity contribution is 14.0. The zero-order chi connectivity index (χ0) is 14.0. The summed E-state index contributed by atoms with van der Waals surface area (Å²) in [6, 6.07) is 0.343. The van der Waals surface area contributed by atoms with Gasteiger partial charge in [-0.15, -0.1) is 24.0 Å². The summed E-state index contributed by atoms with van der Waals surface area (Å²) in [7, 11) is -3.12. The minimum absolute atomic E-state index is 0. The first kappa shape index (κ1) is 21.2. The van der Waals surface area contributed by atoms with Gasteiger partial charge in [0, 0.05) is 19.1 Å². The lowest BCUT2D eigenvalue weighted by Gasteiger charge is -2.16. The van der Waals surface area contributed by atoms with Gasteiger partial charge >= 0.3 is 0 Å². The molecule has 0 radical (unpaired) electrons. The molecular weight excluding hydrogens is 379 g/mol. The van der Waals surface area contributed by atoms with E-state index in [4.69, 9.17) is 0 Å². The number of halogens is 1. The average molecular weight is 406 g/mol. The summed E-state index contributed by atoms with van der Waals surface area (Å²) in [5.74, 6) is 0.824. The molecule has 0 bridgehead atoms. The Kier molecular flexibility index (Phi) is 13.1. The normalized spacial score (nSPS) is 13.6. The molecule has 0 aliphatic rings. The molecule has 0 spiro atoms. The third-order valence-electron chi connectivity index (χ3n) is 2.42. The Labute approximate surface area is 134 Å². The van der Waals surface area contributed by atoms with Crippen LogP contribution in [-0.4, -0.2) is 45.8 Å². The number of nitrogens with zero attached hydrogens (tertiary/aromatic N) is 1. The molecule has 1 atom stereocenters. The molecule has 116 valence electrons. The molecule has 19 heavy (non-hydrogen) atoms. The lowest BCUT2D eigenvalue weighted by Crippen LogP contribution is -2.42. The standard InChI is InChI=1S/C11H26N4O2S.HI/c1-5-10(4)15-11(12-6-2)13-8-9-14-18(16,17)7-3;/h10,14H,5-9H2,1-4H3,(H2,12,13,15);1H.